The molecule has 0 atom stereocenters. The van der Waals surface area contributed by atoms with Crippen LogP contribution in [0.5, 0.6) is 0 Å². The lowest BCUT2D eigenvalue weighted by Crippen LogP contribution is -2.56. The van der Waals surface area contributed by atoms with Gasteiger partial charge >= 0.3 is 5.97 Å². The second-order valence-electron chi connectivity index (χ2n) is 6.35. The van der Waals surface area contributed by atoms with Crippen molar-refractivity contribution in [2.45, 2.75) is 38.1 Å². The van der Waals surface area contributed by atoms with Gasteiger partial charge in [0.05, 0.1) is 13.4 Å². The summed E-state index contributed by atoms with van der Waals surface area (Å²) >= 11 is 0. The van der Waals surface area contributed by atoms with Gasteiger partial charge in [0.25, 0.3) is 5.91 Å². The molecule has 1 aliphatic carbocycles. The van der Waals surface area contributed by atoms with Crippen LogP contribution < -0.4 is 5.32 Å². The third-order valence-corrected chi connectivity index (χ3v) is 4.65. The van der Waals surface area contributed by atoms with Crippen LogP contribution >= 0.6 is 0 Å². The van der Waals surface area contributed by atoms with E-state index in [2.05, 4.69) is 22.4 Å². The fraction of sp³-hybridized carbons (Fsp3) is 0.471. The van der Waals surface area contributed by atoms with Gasteiger partial charge in [-0.05, 0) is 43.7 Å². The van der Waals surface area contributed by atoms with Gasteiger partial charge in [-0.2, -0.15) is 5.10 Å². The van der Waals surface area contributed by atoms with Crippen molar-refractivity contribution < 1.29 is 18.7 Å². The summed E-state index contributed by atoms with van der Waals surface area (Å²) < 4.78 is 10.2. The lowest BCUT2D eigenvalue weighted by molar-refractivity contribution is -0.150. The molecule has 2 heterocycles. The molecule has 7 nitrogen and oxygen atoms in total. The first kappa shape index (κ1) is 16.3. The van der Waals surface area contributed by atoms with Gasteiger partial charge in [-0.3, -0.25) is 9.89 Å². The third-order valence-electron chi connectivity index (χ3n) is 4.65. The minimum absolute atomic E-state index is 0.211. The number of nitrogens with zero attached hydrogens (tertiary/aromatic N) is 1. The zero-order chi connectivity index (χ0) is 17.2. The molecule has 24 heavy (non-hydrogen) atoms. The number of furan rings is 1. The molecule has 2 aromatic rings. The lowest BCUT2D eigenvalue weighted by Gasteiger charge is -2.37. The molecule has 2 N–H and O–H groups in total. The van der Waals surface area contributed by atoms with Crippen LogP contribution in [0.15, 0.2) is 28.9 Å². The van der Waals surface area contributed by atoms with Crippen LogP contribution in [0.25, 0.3) is 11.5 Å². The van der Waals surface area contributed by atoms with E-state index in [4.69, 9.17) is 9.15 Å². The molecule has 0 bridgehead atoms. The second kappa shape index (κ2) is 6.51. The summed E-state index contributed by atoms with van der Waals surface area (Å²) in [6.07, 6.45) is 4.43. The van der Waals surface area contributed by atoms with Crippen LogP contribution in [0.2, 0.25) is 0 Å². The monoisotopic (exact) mass is 331 g/mol. The second-order valence-corrected chi connectivity index (χ2v) is 6.35. The van der Waals surface area contributed by atoms with E-state index in [1.165, 1.54) is 7.11 Å². The highest BCUT2D eigenvalue weighted by Gasteiger charge is 2.43. The van der Waals surface area contributed by atoms with Crippen LogP contribution in [-0.2, 0) is 9.53 Å². The Labute approximate surface area is 139 Å². The van der Waals surface area contributed by atoms with E-state index in [0.717, 1.165) is 12.8 Å². The molecule has 1 aliphatic rings. The van der Waals surface area contributed by atoms with Crippen molar-refractivity contribution in [3.63, 3.8) is 0 Å². The molecule has 7 heteroatoms. The van der Waals surface area contributed by atoms with Gasteiger partial charge in [0.1, 0.15) is 11.2 Å². The summed E-state index contributed by atoms with van der Waals surface area (Å²) in [5.41, 5.74) is -0.153. The number of carbonyl (C=O) groups is 2. The van der Waals surface area contributed by atoms with E-state index >= 15 is 0 Å². The smallest absolute Gasteiger partial charge is 0.331 e. The summed E-state index contributed by atoms with van der Waals surface area (Å²) in [7, 11) is 1.35. The number of nitrogens with one attached hydrogen (secondary N) is 2. The van der Waals surface area contributed by atoms with Crippen molar-refractivity contribution >= 4 is 11.9 Å². The quantitative estimate of drug-likeness (QED) is 0.839. The summed E-state index contributed by atoms with van der Waals surface area (Å²) in [4.78, 5) is 24.8. The fourth-order valence-electron chi connectivity index (χ4n) is 3.11. The van der Waals surface area contributed by atoms with Crippen LogP contribution in [0.3, 0.4) is 0 Å². The van der Waals surface area contributed by atoms with Crippen LogP contribution in [0.4, 0.5) is 0 Å². The first-order valence-corrected chi connectivity index (χ1v) is 8.04. The molecule has 1 saturated carbocycles. The number of rotatable bonds is 4. The first-order chi connectivity index (χ1) is 11.5. The minimum atomic E-state index is -0.970. The van der Waals surface area contributed by atoms with Gasteiger partial charge in [0.2, 0.25) is 0 Å². The maximum Gasteiger partial charge on any atom is 0.331 e. The Hall–Kier alpha value is -2.57. The molecule has 128 valence electrons. The van der Waals surface area contributed by atoms with E-state index in [-0.39, 0.29) is 5.69 Å². The zero-order valence-electron chi connectivity index (χ0n) is 13.8. The molecule has 3 rings (SSSR count). The number of carbonyl (C=O) groups excluding carboxylic acids is 2. The Morgan fingerprint density at radius 3 is 2.79 bits per heavy atom. The summed E-state index contributed by atoms with van der Waals surface area (Å²) in [5, 5.41) is 9.64. The first-order valence-electron chi connectivity index (χ1n) is 8.04. The number of methoxy groups -OCH3 is 1. The van der Waals surface area contributed by atoms with Gasteiger partial charge in [0.15, 0.2) is 11.5 Å². The average Bonchev–Trinajstić information content (AvgIpc) is 3.27. The van der Waals surface area contributed by atoms with Crippen molar-refractivity contribution in [2.24, 2.45) is 5.92 Å². The number of esters is 1. The highest BCUT2D eigenvalue weighted by molar-refractivity contribution is 5.97. The van der Waals surface area contributed by atoms with E-state index in [1.807, 2.05) is 0 Å². The standard InChI is InChI=1S/C17H21N3O4/c1-11-5-7-17(8-6-11,16(22)23-2)18-15(21)13-10-12(19-20-13)14-4-3-9-24-14/h3-4,9-11H,5-8H2,1-2H3,(H,18,21)(H,19,20). The van der Waals surface area contributed by atoms with Crippen LogP contribution in [0, 0.1) is 5.92 Å². The van der Waals surface area contributed by atoms with Gasteiger partial charge in [-0.25, -0.2) is 4.79 Å². The average molecular weight is 331 g/mol. The number of ether oxygens (including phenoxy) is 1. The van der Waals surface area contributed by atoms with E-state index < -0.39 is 17.4 Å². The van der Waals surface area contributed by atoms with Crippen molar-refractivity contribution in [1.29, 1.82) is 0 Å². The number of hydrogen-bond donors (Lipinski definition) is 2. The SMILES string of the molecule is COC(=O)C1(NC(=O)c2cc(-c3ccco3)[nH]n2)CCC(C)CC1. The molecule has 1 fully saturated rings. The zero-order valence-corrected chi connectivity index (χ0v) is 13.8. The highest BCUT2D eigenvalue weighted by Crippen LogP contribution is 2.33. The number of aromatic amines is 1. The van der Waals surface area contributed by atoms with Crippen LogP contribution in [-0.4, -0.2) is 34.7 Å². The number of aromatic nitrogens is 2. The number of H-pyrrole nitrogens is 1. The van der Waals surface area contributed by atoms with Crippen molar-refractivity contribution in [2.75, 3.05) is 7.11 Å². The third kappa shape index (κ3) is 3.06. The Morgan fingerprint density at radius 2 is 2.17 bits per heavy atom. The molecule has 2 aromatic heterocycles. The summed E-state index contributed by atoms with van der Waals surface area (Å²) in [6.45, 7) is 2.15. The van der Waals surface area contributed by atoms with Gasteiger partial charge < -0.3 is 14.5 Å². The van der Waals surface area contributed by atoms with E-state index in [9.17, 15) is 9.59 Å². The Morgan fingerprint density at radius 1 is 1.42 bits per heavy atom. The predicted molar refractivity (Wildman–Crippen MR) is 86.1 cm³/mol. The normalized spacial score (nSPS) is 23.7. The molecule has 0 aromatic carbocycles. The fourth-order valence-corrected chi connectivity index (χ4v) is 3.11. The molecule has 0 unspecified atom stereocenters. The molecule has 0 aliphatic heterocycles. The molecular weight excluding hydrogens is 310 g/mol. The molecule has 0 spiro atoms. The van der Waals surface area contributed by atoms with Gasteiger partial charge in [-0.15, -0.1) is 0 Å². The molecular formula is C17H21N3O4. The van der Waals surface area contributed by atoms with Gasteiger partial charge in [-0.1, -0.05) is 6.92 Å². The Bertz CT molecular complexity index is 712. The Kier molecular flexibility index (Phi) is 4.42. The topological polar surface area (TPSA) is 97.2 Å². The molecule has 0 saturated heterocycles. The maximum atomic E-state index is 12.6. The highest BCUT2D eigenvalue weighted by atomic mass is 16.5. The number of hydrogen-bond acceptors (Lipinski definition) is 5. The summed E-state index contributed by atoms with van der Waals surface area (Å²) in [5.74, 6) is 0.333. The molecule has 0 radical (unpaired) electrons. The maximum absolute atomic E-state index is 12.6. The predicted octanol–water partition coefficient (Wildman–Crippen LogP) is 2.52. The van der Waals surface area contributed by atoms with E-state index in [1.54, 1.807) is 24.5 Å². The lowest BCUT2D eigenvalue weighted by atomic mass is 9.77. The van der Waals surface area contributed by atoms with Crippen molar-refractivity contribution in [1.82, 2.24) is 15.5 Å². The largest absolute Gasteiger partial charge is 0.467 e. The van der Waals surface area contributed by atoms with E-state index in [0.29, 0.717) is 30.2 Å². The molecule has 1 amide bonds. The Balaban J connectivity index is 1.77. The van der Waals surface area contributed by atoms with Crippen molar-refractivity contribution in [3.8, 4) is 11.5 Å². The minimum Gasteiger partial charge on any atom is -0.467 e. The van der Waals surface area contributed by atoms with Crippen molar-refractivity contribution in [3.05, 3.63) is 30.2 Å². The summed E-state index contributed by atoms with van der Waals surface area (Å²) in [6, 6.07) is 5.13. The van der Waals surface area contributed by atoms with Gasteiger partial charge in [0, 0.05) is 6.07 Å². The number of amides is 1. The van der Waals surface area contributed by atoms with Crippen LogP contribution in [0.1, 0.15) is 43.1 Å².